The van der Waals surface area contributed by atoms with Crippen molar-refractivity contribution in [3.05, 3.63) is 74.1 Å². The largest absolute Gasteiger partial charge is 0.319 e. The summed E-state index contributed by atoms with van der Waals surface area (Å²) in [6.07, 6.45) is 2.96. The first-order valence-corrected chi connectivity index (χ1v) is 8.75. The highest BCUT2D eigenvalue weighted by Crippen LogP contribution is 2.21. The summed E-state index contributed by atoms with van der Waals surface area (Å²) in [5.74, 6) is -0.376. The summed E-state index contributed by atoms with van der Waals surface area (Å²) in [4.78, 5) is 27.1. The number of aromatic nitrogens is 1. The molecule has 1 aromatic heterocycles. The molecule has 0 radical (unpaired) electrons. The number of carbonyl (C=O) groups excluding carboxylic acids is 1. The van der Waals surface area contributed by atoms with Crippen molar-refractivity contribution in [2.24, 2.45) is 12.0 Å². The fraction of sp³-hybridized carbons (Fsp3) is 0.158. The van der Waals surface area contributed by atoms with Crippen molar-refractivity contribution >= 4 is 39.2 Å². The van der Waals surface area contributed by atoms with Crippen molar-refractivity contribution in [2.75, 3.05) is 0 Å². The van der Waals surface area contributed by atoms with Crippen LogP contribution in [0.25, 0.3) is 16.3 Å². The van der Waals surface area contributed by atoms with Crippen LogP contribution in [0, 0.1) is 24.0 Å². The van der Waals surface area contributed by atoms with Crippen LogP contribution in [-0.4, -0.2) is 15.4 Å². The molecule has 0 saturated carbocycles. The molecule has 0 fully saturated rings. The van der Waals surface area contributed by atoms with Crippen LogP contribution in [0.3, 0.4) is 0 Å². The third-order valence-corrected chi connectivity index (χ3v) is 5.25. The third-order valence-electron chi connectivity index (χ3n) is 4.15. The monoisotopic (exact) mass is 367 g/mol. The van der Waals surface area contributed by atoms with Gasteiger partial charge in [-0.2, -0.15) is 4.99 Å². The van der Waals surface area contributed by atoms with Gasteiger partial charge in [0.1, 0.15) is 0 Å². The predicted molar refractivity (Wildman–Crippen MR) is 103 cm³/mol. The van der Waals surface area contributed by atoms with Crippen LogP contribution in [-0.2, 0) is 11.8 Å². The summed E-state index contributed by atoms with van der Waals surface area (Å²) in [7, 11) is 1.89. The minimum Gasteiger partial charge on any atom is -0.319 e. The lowest BCUT2D eigenvalue weighted by molar-refractivity contribution is -0.384. The van der Waals surface area contributed by atoms with Crippen molar-refractivity contribution in [1.29, 1.82) is 0 Å². The van der Waals surface area contributed by atoms with Gasteiger partial charge in [-0.15, -0.1) is 0 Å². The maximum atomic E-state index is 12.2. The number of aryl methyl sites for hydroxylation is 3. The number of fused-ring (bicyclic) bond motifs is 1. The molecule has 6 nitrogen and oxygen atoms in total. The number of nitrogens with zero attached hydrogens (tertiary/aromatic N) is 3. The van der Waals surface area contributed by atoms with Crippen molar-refractivity contribution < 1.29 is 9.72 Å². The molecule has 3 rings (SSSR count). The van der Waals surface area contributed by atoms with Crippen LogP contribution in [0.15, 0.2) is 47.5 Å². The van der Waals surface area contributed by atoms with Gasteiger partial charge in [0.25, 0.3) is 11.6 Å². The number of hydrogen-bond donors (Lipinski definition) is 0. The fourth-order valence-electron chi connectivity index (χ4n) is 2.49. The highest BCUT2D eigenvalue weighted by atomic mass is 32.1. The van der Waals surface area contributed by atoms with E-state index in [0.29, 0.717) is 10.4 Å². The smallest absolute Gasteiger partial charge is 0.272 e. The number of non-ortho nitro benzene ring substituents is 1. The second-order valence-electron chi connectivity index (χ2n) is 5.98. The van der Waals surface area contributed by atoms with E-state index in [9.17, 15) is 14.9 Å². The molecule has 0 aliphatic heterocycles. The van der Waals surface area contributed by atoms with Gasteiger partial charge in [-0.25, -0.2) is 0 Å². The van der Waals surface area contributed by atoms with Crippen LogP contribution in [0.2, 0.25) is 0 Å². The Bertz CT molecular complexity index is 1110. The number of nitro groups is 1. The van der Waals surface area contributed by atoms with Crippen LogP contribution >= 0.6 is 11.3 Å². The van der Waals surface area contributed by atoms with Crippen LogP contribution in [0.5, 0.6) is 0 Å². The number of amides is 1. The van der Waals surface area contributed by atoms with Gasteiger partial charge in [-0.3, -0.25) is 14.9 Å². The first-order chi connectivity index (χ1) is 12.3. The van der Waals surface area contributed by atoms with Crippen molar-refractivity contribution in [3.8, 4) is 0 Å². The number of carbonyl (C=O) groups is 1. The molecule has 1 amide bonds. The Morgan fingerprint density at radius 3 is 2.50 bits per heavy atom. The Balaban J connectivity index is 1.87. The van der Waals surface area contributed by atoms with Gasteiger partial charge in [-0.1, -0.05) is 11.3 Å². The van der Waals surface area contributed by atoms with Gasteiger partial charge >= 0.3 is 0 Å². The molecule has 3 aromatic rings. The molecule has 132 valence electrons. The van der Waals surface area contributed by atoms with E-state index >= 15 is 0 Å². The molecule has 0 spiro atoms. The lowest BCUT2D eigenvalue weighted by atomic mass is 10.1. The predicted octanol–water partition coefficient (Wildman–Crippen LogP) is 3.91. The molecule has 0 N–H and O–H groups in total. The third kappa shape index (κ3) is 3.62. The number of nitro benzene ring substituents is 1. The molecule has 0 bridgehead atoms. The van der Waals surface area contributed by atoms with Gasteiger partial charge < -0.3 is 4.57 Å². The summed E-state index contributed by atoms with van der Waals surface area (Å²) in [6.45, 7) is 4.12. The van der Waals surface area contributed by atoms with E-state index in [4.69, 9.17) is 0 Å². The number of benzene rings is 2. The molecule has 0 aliphatic rings. The standard InChI is InChI=1S/C19H17N3O3S/c1-12-10-16-17(11-13(12)2)26-19(21(16)3)20-18(23)9-6-14-4-7-15(8-5-14)22(24)25/h4-11H,1-3H3. The number of hydrogen-bond acceptors (Lipinski definition) is 4. The molecule has 26 heavy (non-hydrogen) atoms. The van der Waals surface area contributed by atoms with Gasteiger partial charge in [0, 0.05) is 25.3 Å². The molecular weight excluding hydrogens is 350 g/mol. The average molecular weight is 367 g/mol. The second kappa shape index (κ2) is 7.05. The molecule has 0 aliphatic carbocycles. The summed E-state index contributed by atoms with van der Waals surface area (Å²) in [5, 5.41) is 10.6. The van der Waals surface area contributed by atoms with Crippen molar-refractivity contribution in [1.82, 2.24) is 4.57 Å². The topological polar surface area (TPSA) is 77.5 Å². The molecule has 2 aromatic carbocycles. The zero-order chi connectivity index (χ0) is 18.8. The van der Waals surface area contributed by atoms with Gasteiger partial charge in [-0.05, 0) is 60.9 Å². The Morgan fingerprint density at radius 2 is 1.85 bits per heavy atom. The van der Waals surface area contributed by atoms with Crippen LogP contribution in [0.4, 0.5) is 5.69 Å². The molecule has 0 saturated heterocycles. The highest BCUT2D eigenvalue weighted by Gasteiger charge is 2.06. The van der Waals surface area contributed by atoms with Crippen LogP contribution in [0.1, 0.15) is 16.7 Å². The van der Waals surface area contributed by atoms with E-state index in [1.807, 2.05) is 11.6 Å². The molecule has 0 unspecified atom stereocenters. The summed E-state index contributed by atoms with van der Waals surface area (Å²) in [5.41, 5.74) is 4.16. The SMILES string of the molecule is Cc1cc2sc(=NC(=O)C=Cc3ccc([N+](=O)[O-])cc3)n(C)c2cc1C. The van der Waals surface area contributed by atoms with Crippen LogP contribution < -0.4 is 4.80 Å². The van der Waals surface area contributed by atoms with E-state index in [-0.39, 0.29) is 11.6 Å². The summed E-state index contributed by atoms with van der Waals surface area (Å²) < 4.78 is 2.99. The van der Waals surface area contributed by atoms with Crippen molar-refractivity contribution in [2.45, 2.75) is 13.8 Å². The zero-order valence-corrected chi connectivity index (χ0v) is 15.4. The van der Waals surface area contributed by atoms with E-state index in [2.05, 4.69) is 31.0 Å². The summed E-state index contributed by atoms with van der Waals surface area (Å²) >= 11 is 1.47. The molecular formula is C19H17N3O3S. The van der Waals surface area contributed by atoms with Crippen molar-refractivity contribution in [3.63, 3.8) is 0 Å². The first-order valence-electron chi connectivity index (χ1n) is 7.93. The van der Waals surface area contributed by atoms with E-state index < -0.39 is 4.92 Å². The second-order valence-corrected chi connectivity index (χ2v) is 6.99. The highest BCUT2D eigenvalue weighted by molar-refractivity contribution is 7.16. The van der Waals surface area contributed by atoms with E-state index in [1.54, 1.807) is 18.2 Å². The van der Waals surface area contributed by atoms with Gasteiger partial charge in [0.05, 0.1) is 15.1 Å². The van der Waals surface area contributed by atoms with E-state index in [0.717, 1.165) is 10.2 Å². The van der Waals surface area contributed by atoms with Gasteiger partial charge in [0.2, 0.25) is 0 Å². The zero-order valence-electron chi connectivity index (χ0n) is 14.6. The first kappa shape index (κ1) is 17.8. The fourth-order valence-corrected chi connectivity index (χ4v) is 3.60. The Labute approximate surface area is 153 Å². The summed E-state index contributed by atoms with van der Waals surface area (Å²) in [6, 6.07) is 10.2. The van der Waals surface area contributed by atoms with Gasteiger partial charge in [0.15, 0.2) is 4.80 Å². The quantitative estimate of drug-likeness (QED) is 0.400. The number of thiazole rings is 1. The average Bonchev–Trinajstić information content (AvgIpc) is 2.89. The molecule has 1 heterocycles. The maximum Gasteiger partial charge on any atom is 0.272 e. The Kier molecular flexibility index (Phi) is 4.81. The molecule has 0 atom stereocenters. The lowest BCUT2D eigenvalue weighted by Gasteiger charge is -2.00. The molecule has 7 heteroatoms. The maximum absolute atomic E-state index is 12.2. The Hall–Kier alpha value is -3.06. The minimum absolute atomic E-state index is 0.0149. The Morgan fingerprint density at radius 1 is 1.19 bits per heavy atom. The van der Waals surface area contributed by atoms with E-state index in [1.165, 1.54) is 40.7 Å². The lowest BCUT2D eigenvalue weighted by Crippen LogP contribution is -2.12. The minimum atomic E-state index is -0.459. The number of rotatable bonds is 3. The normalized spacial score (nSPS) is 12.2.